The molecule has 0 aromatic carbocycles. The number of rotatable bonds is 4. The minimum atomic E-state index is -0.893. The average Bonchev–Trinajstić information content (AvgIpc) is 2.97. The Labute approximate surface area is 104 Å². The van der Waals surface area contributed by atoms with Crippen molar-refractivity contribution in [1.82, 2.24) is 4.90 Å². The molecule has 3 rings (SSSR count). The third kappa shape index (κ3) is 1.50. The molecule has 2 bridgehead atoms. The molecule has 0 unspecified atom stereocenters. The van der Waals surface area contributed by atoms with Gasteiger partial charge >= 0.3 is 5.97 Å². The Morgan fingerprint density at radius 1 is 1.22 bits per heavy atom. The van der Waals surface area contributed by atoms with Crippen molar-refractivity contribution in [2.45, 2.75) is 19.3 Å². The molecule has 2 amide bonds. The number of hydrogen-bond donors (Lipinski definition) is 1. The number of carbonyl (C=O) groups is 3. The number of amides is 2. The summed E-state index contributed by atoms with van der Waals surface area (Å²) in [6.45, 7) is 0.246. The number of carboxylic acids is 1. The molecule has 5 nitrogen and oxygen atoms in total. The minimum absolute atomic E-state index is 0.00248. The highest BCUT2D eigenvalue weighted by Gasteiger charge is 2.58. The highest BCUT2D eigenvalue weighted by atomic mass is 16.4. The Hall–Kier alpha value is -1.65. The molecule has 0 radical (unpaired) electrons. The summed E-state index contributed by atoms with van der Waals surface area (Å²) in [5.74, 6) is -0.966. The zero-order valence-electron chi connectivity index (χ0n) is 9.91. The van der Waals surface area contributed by atoms with Crippen LogP contribution in [0.3, 0.4) is 0 Å². The Morgan fingerprint density at radius 2 is 1.78 bits per heavy atom. The van der Waals surface area contributed by atoms with E-state index in [1.165, 1.54) is 4.90 Å². The highest BCUT2D eigenvalue weighted by Crippen LogP contribution is 2.52. The van der Waals surface area contributed by atoms with Crippen LogP contribution in [0.15, 0.2) is 12.2 Å². The maximum absolute atomic E-state index is 12.2. The number of likely N-dealkylation sites (tertiary alicyclic amines) is 1. The Bertz CT molecular complexity index is 426. The van der Waals surface area contributed by atoms with Gasteiger partial charge in [0.1, 0.15) is 0 Å². The molecule has 5 heteroatoms. The predicted molar refractivity (Wildman–Crippen MR) is 61.3 cm³/mol. The first-order valence-electron chi connectivity index (χ1n) is 6.35. The molecule has 0 aromatic rings. The lowest BCUT2D eigenvalue weighted by molar-refractivity contribution is -0.142. The van der Waals surface area contributed by atoms with E-state index in [9.17, 15) is 14.4 Å². The van der Waals surface area contributed by atoms with E-state index in [2.05, 4.69) is 12.2 Å². The largest absolute Gasteiger partial charge is 0.481 e. The van der Waals surface area contributed by atoms with E-state index in [0.717, 1.165) is 6.42 Å². The molecule has 0 aromatic heterocycles. The maximum atomic E-state index is 12.2. The van der Waals surface area contributed by atoms with E-state index < -0.39 is 5.97 Å². The summed E-state index contributed by atoms with van der Waals surface area (Å²) in [6.07, 6.45) is 5.37. The van der Waals surface area contributed by atoms with Crippen LogP contribution in [0.4, 0.5) is 0 Å². The Morgan fingerprint density at radius 3 is 2.28 bits per heavy atom. The lowest BCUT2D eigenvalue weighted by Gasteiger charge is -2.16. The van der Waals surface area contributed by atoms with Crippen molar-refractivity contribution < 1.29 is 19.5 Å². The van der Waals surface area contributed by atoms with Crippen LogP contribution in [0.2, 0.25) is 0 Å². The van der Waals surface area contributed by atoms with E-state index in [4.69, 9.17) is 5.11 Å². The second-order valence-corrected chi connectivity index (χ2v) is 5.33. The van der Waals surface area contributed by atoms with Crippen LogP contribution in [0.25, 0.3) is 0 Å². The number of aliphatic carboxylic acids is 1. The van der Waals surface area contributed by atoms with Gasteiger partial charge in [0.05, 0.1) is 11.8 Å². The fourth-order valence-electron chi connectivity index (χ4n) is 3.57. The normalized spacial score (nSPS) is 36.6. The molecular formula is C13H15NO4. The number of carbonyl (C=O) groups excluding carboxylic acids is 2. The molecule has 0 spiro atoms. The molecule has 1 saturated heterocycles. The van der Waals surface area contributed by atoms with Gasteiger partial charge in [0.25, 0.3) is 0 Å². The highest BCUT2D eigenvalue weighted by molar-refractivity contribution is 6.06. The summed E-state index contributed by atoms with van der Waals surface area (Å²) < 4.78 is 0. The molecule has 96 valence electrons. The third-order valence-electron chi connectivity index (χ3n) is 4.33. The SMILES string of the molecule is O=C(O)CCCN1C(=O)[C@@H]2[C@H](C1=O)[C@H]1C=C[C@@H]2C1. The number of allylic oxidation sites excluding steroid dienone is 2. The standard InChI is InChI=1S/C13H15NO4/c15-9(16)2-1-5-14-12(17)10-7-3-4-8(6-7)11(10)13(14)18/h3-4,7-8,10-11H,1-2,5-6H2,(H,15,16)/t7-,8+,10+,11-. The van der Waals surface area contributed by atoms with Crippen molar-refractivity contribution in [1.29, 1.82) is 0 Å². The zero-order chi connectivity index (χ0) is 12.9. The van der Waals surface area contributed by atoms with Crippen molar-refractivity contribution in [2.75, 3.05) is 6.54 Å². The molecule has 1 heterocycles. The molecule has 1 aliphatic heterocycles. The summed E-state index contributed by atoms with van der Waals surface area (Å²) in [7, 11) is 0. The van der Waals surface area contributed by atoms with Gasteiger partial charge in [-0.3, -0.25) is 19.3 Å². The molecule has 3 aliphatic rings. The van der Waals surface area contributed by atoms with Gasteiger partial charge in [0.15, 0.2) is 0 Å². The van der Waals surface area contributed by atoms with Crippen LogP contribution in [-0.2, 0) is 14.4 Å². The summed E-state index contributed by atoms with van der Waals surface area (Å²) in [4.78, 5) is 36.1. The number of carboxylic acid groups (broad SMARTS) is 1. The maximum Gasteiger partial charge on any atom is 0.303 e. The van der Waals surface area contributed by atoms with Gasteiger partial charge in [-0.15, -0.1) is 0 Å². The van der Waals surface area contributed by atoms with Gasteiger partial charge < -0.3 is 5.11 Å². The Balaban J connectivity index is 1.70. The van der Waals surface area contributed by atoms with Crippen molar-refractivity contribution in [3.05, 3.63) is 12.2 Å². The van der Waals surface area contributed by atoms with Gasteiger partial charge in [-0.25, -0.2) is 0 Å². The van der Waals surface area contributed by atoms with Crippen LogP contribution >= 0.6 is 0 Å². The predicted octanol–water partition coefficient (Wildman–Crippen LogP) is 0.658. The van der Waals surface area contributed by atoms with Crippen molar-refractivity contribution in [3.63, 3.8) is 0 Å². The van der Waals surface area contributed by atoms with Crippen LogP contribution < -0.4 is 0 Å². The average molecular weight is 249 g/mol. The first kappa shape index (κ1) is 11.4. The fraction of sp³-hybridized carbons (Fsp3) is 0.615. The quantitative estimate of drug-likeness (QED) is 0.586. The van der Waals surface area contributed by atoms with Crippen LogP contribution in [-0.4, -0.2) is 34.3 Å². The van der Waals surface area contributed by atoms with Crippen LogP contribution in [0, 0.1) is 23.7 Å². The van der Waals surface area contributed by atoms with Gasteiger partial charge in [0, 0.05) is 13.0 Å². The molecular weight excluding hydrogens is 234 g/mol. The third-order valence-corrected chi connectivity index (χ3v) is 4.33. The van der Waals surface area contributed by atoms with E-state index in [1.54, 1.807) is 0 Å². The van der Waals surface area contributed by atoms with Gasteiger partial charge in [-0.1, -0.05) is 12.2 Å². The first-order chi connectivity index (χ1) is 8.59. The second kappa shape index (κ2) is 3.93. The number of hydrogen-bond acceptors (Lipinski definition) is 3. The van der Waals surface area contributed by atoms with E-state index >= 15 is 0 Å². The minimum Gasteiger partial charge on any atom is -0.481 e. The lowest BCUT2D eigenvalue weighted by Crippen LogP contribution is -2.34. The van der Waals surface area contributed by atoms with Crippen LogP contribution in [0.1, 0.15) is 19.3 Å². The lowest BCUT2D eigenvalue weighted by atomic mass is 9.85. The fourth-order valence-corrected chi connectivity index (χ4v) is 3.57. The molecule has 2 aliphatic carbocycles. The Kier molecular flexibility index (Phi) is 2.50. The molecule has 4 atom stereocenters. The molecule has 18 heavy (non-hydrogen) atoms. The van der Waals surface area contributed by atoms with Crippen molar-refractivity contribution in [3.8, 4) is 0 Å². The summed E-state index contributed by atoms with van der Waals surface area (Å²) in [5, 5.41) is 8.58. The summed E-state index contributed by atoms with van der Waals surface area (Å²) >= 11 is 0. The topological polar surface area (TPSA) is 74.7 Å². The van der Waals surface area contributed by atoms with Crippen LogP contribution in [0.5, 0.6) is 0 Å². The molecule has 2 fully saturated rings. The van der Waals surface area contributed by atoms with E-state index in [1.807, 2.05) is 0 Å². The number of fused-ring (bicyclic) bond motifs is 5. The number of imide groups is 1. The summed E-state index contributed by atoms with van der Waals surface area (Å²) in [6, 6.07) is 0. The number of nitrogens with zero attached hydrogens (tertiary/aromatic N) is 1. The smallest absolute Gasteiger partial charge is 0.303 e. The molecule has 1 N–H and O–H groups in total. The second-order valence-electron chi connectivity index (χ2n) is 5.33. The zero-order valence-corrected chi connectivity index (χ0v) is 9.91. The monoisotopic (exact) mass is 249 g/mol. The molecule has 1 saturated carbocycles. The van der Waals surface area contributed by atoms with Crippen molar-refractivity contribution >= 4 is 17.8 Å². The van der Waals surface area contributed by atoms with Crippen molar-refractivity contribution in [2.24, 2.45) is 23.7 Å². The van der Waals surface area contributed by atoms with E-state index in [-0.39, 0.29) is 48.5 Å². The van der Waals surface area contributed by atoms with Gasteiger partial charge in [-0.05, 0) is 24.7 Å². The van der Waals surface area contributed by atoms with Gasteiger partial charge in [-0.2, -0.15) is 0 Å². The first-order valence-corrected chi connectivity index (χ1v) is 6.35. The summed E-state index contributed by atoms with van der Waals surface area (Å²) in [5.41, 5.74) is 0. The van der Waals surface area contributed by atoms with Gasteiger partial charge in [0.2, 0.25) is 11.8 Å². The van der Waals surface area contributed by atoms with E-state index in [0.29, 0.717) is 6.42 Å².